The van der Waals surface area contributed by atoms with Crippen molar-refractivity contribution in [2.45, 2.75) is 6.61 Å². The summed E-state index contributed by atoms with van der Waals surface area (Å²) in [6, 6.07) is 6.90. The molecule has 1 aromatic rings. The van der Waals surface area contributed by atoms with E-state index in [0.717, 1.165) is 0 Å². The minimum atomic E-state index is 0. The summed E-state index contributed by atoms with van der Waals surface area (Å²) in [4.78, 5) is 4.35. The Kier molecular flexibility index (Phi) is 4.61. The zero-order chi connectivity index (χ0) is 7.40. The fourth-order valence-electron chi connectivity index (χ4n) is 0.723. The molecular formula is C7H10ClNO2. The third kappa shape index (κ3) is 2.76. The molecular weight excluding hydrogens is 166 g/mol. The van der Waals surface area contributed by atoms with Gasteiger partial charge in [-0.1, -0.05) is 18.2 Å². The van der Waals surface area contributed by atoms with Gasteiger partial charge in [-0.3, -0.25) is 4.84 Å². The number of hydrogen-bond acceptors (Lipinski definition) is 3. The number of para-hydroxylation sites is 1. The number of aromatic hydroxyl groups is 1. The van der Waals surface area contributed by atoms with Gasteiger partial charge in [0, 0.05) is 5.56 Å². The minimum absolute atomic E-state index is 0. The van der Waals surface area contributed by atoms with Gasteiger partial charge in [0.25, 0.3) is 0 Å². The molecule has 11 heavy (non-hydrogen) atoms. The summed E-state index contributed by atoms with van der Waals surface area (Å²) in [6.45, 7) is 0.243. The first kappa shape index (κ1) is 10.2. The molecule has 0 bridgehead atoms. The quantitative estimate of drug-likeness (QED) is 0.665. The fraction of sp³-hybridized carbons (Fsp3) is 0.143. The number of halogens is 1. The van der Waals surface area contributed by atoms with Crippen LogP contribution in [0.4, 0.5) is 0 Å². The van der Waals surface area contributed by atoms with Crippen molar-refractivity contribution in [3.63, 3.8) is 0 Å². The van der Waals surface area contributed by atoms with Gasteiger partial charge in [0.2, 0.25) is 0 Å². The Morgan fingerprint density at radius 2 is 2.00 bits per heavy atom. The molecule has 0 fully saturated rings. The van der Waals surface area contributed by atoms with Crippen LogP contribution in [0.25, 0.3) is 0 Å². The summed E-state index contributed by atoms with van der Waals surface area (Å²) in [5.41, 5.74) is 0.699. The van der Waals surface area contributed by atoms with Crippen molar-refractivity contribution in [2.75, 3.05) is 0 Å². The molecule has 0 atom stereocenters. The maximum absolute atomic E-state index is 9.11. The third-order valence-corrected chi connectivity index (χ3v) is 1.23. The lowest BCUT2D eigenvalue weighted by Gasteiger charge is -1.99. The first-order valence-electron chi connectivity index (χ1n) is 2.93. The van der Waals surface area contributed by atoms with Crippen molar-refractivity contribution in [3.8, 4) is 5.75 Å². The molecule has 0 aliphatic heterocycles. The maximum atomic E-state index is 9.11. The van der Waals surface area contributed by atoms with Gasteiger partial charge in [0.15, 0.2) is 0 Å². The highest BCUT2D eigenvalue weighted by Gasteiger charge is 1.96. The Balaban J connectivity index is 0.000001000. The standard InChI is InChI=1S/C7H9NO2.ClH/c8-10-5-6-3-1-2-4-7(6)9;/h1-4,9H,5,8H2;1H. The van der Waals surface area contributed by atoms with E-state index < -0.39 is 0 Å². The topological polar surface area (TPSA) is 55.5 Å². The molecule has 0 radical (unpaired) electrons. The van der Waals surface area contributed by atoms with Gasteiger partial charge in [-0.05, 0) is 6.07 Å². The average Bonchev–Trinajstić information content (AvgIpc) is 1.94. The Hall–Kier alpha value is -0.770. The zero-order valence-corrected chi connectivity index (χ0v) is 6.67. The smallest absolute Gasteiger partial charge is 0.121 e. The lowest BCUT2D eigenvalue weighted by Crippen LogP contribution is -1.98. The van der Waals surface area contributed by atoms with E-state index in [1.807, 2.05) is 6.07 Å². The van der Waals surface area contributed by atoms with Crippen LogP contribution in [0.15, 0.2) is 24.3 Å². The molecule has 1 aromatic carbocycles. The summed E-state index contributed by atoms with van der Waals surface area (Å²) >= 11 is 0. The van der Waals surface area contributed by atoms with Gasteiger partial charge < -0.3 is 5.11 Å². The molecule has 0 saturated carbocycles. The minimum Gasteiger partial charge on any atom is -0.508 e. The molecule has 0 saturated heterocycles. The summed E-state index contributed by atoms with van der Waals surface area (Å²) in [6.07, 6.45) is 0. The van der Waals surface area contributed by atoms with Crippen molar-refractivity contribution in [1.82, 2.24) is 0 Å². The summed E-state index contributed by atoms with van der Waals surface area (Å²) in [7, 11) is 0. The van der Waals surface area contributed by atoms with Gasteiger partial charge in [-0.2, -0.15) is 0 Å². The molecule has 3 N–H and O–H groups in total. The second-order valence-electron chi connectivity index (χ2n) is 1.94. The van der Waals surface area contributed by atoms with Gasteiger partial charge in [-0.25, -0.2) is 5.90 Å². The van der Waals surface area contributed by atoms with Crippen LogP contribution >= 0.6 is 12.4 Å². The molecule has 0 aromatic heterocycles. The van der Waals surface area contributed by atoms with E-state index in [4.69, 9.17) is 11.0 Å². The van der Waals surface area contributed by atoms with Crippen LogP contribution in [0.3, 0.4) is 0 Å². The van der Waals surface area contributed by atoms with Crippen LogP contribution in [0.1, 0.15) is 5.56 Å². The molecule has 0 heterocycles. The second-order valence-corrected chi connectivity index (χ2v) is 1.94. The summed E-state index contributed by atoms with van der Waals surface area (Å²) < 4.78 is 0. The summed E-state index contributed by atoms with van der Waals surface area (Å²) in [5, 5.41) is 9.11. The molecule has 0 aliphatic rings. The number of nitrogens with two attached hydrogens (primary N) is 1. The number of benzene rings is 1. The van der Waals surface area contributed by atoms with Crippen molar-refractivity contribution in [2.24, 2.45) is 5.90 Å². The molecule has 0 amide bonds. The van der Waals surface area contributed by atoms with E-state index in [1.54, 1.807) is 18.2 Å². The normalized spacial score (nSPS) is 8.82. The average molecular weight is 176 g/mol. The second kappa shape index (κ2) is 4.96. The fourth-order valence-corrected chi connectivity index (χ4v) is 0.723. The highest BCUT2D eigenvalue weighted by Crippen LogP contribution is 2.15. The zero-order valence-electron chi connectivity index (χ0n) is 5.86. The van der Waals surface area contributed by atoms with Crippen molar-refractivity contribution < 1.29 is 9.94 Å². The maximum Gasteiger partial charge on any atom is 0.121 e. The van der Waals surface area contributed by atoms with E-state index in [-0.39, 0.29) is 24.8 Å². The molecule has 3 nitrogen and oxygen atoms in total. The van der Waals surface area contributed by atoms with Gasteiger partial charge in [0.05, 0.1) is 6.61 Å². The number of phenols is 1. The van der Waals surface area contributed by atoms with Gasteiger partial charge in [-0.15, -0.1) is 12.4 Å². The largest absolute Gasteiger partial charge is 0.508 e. The highest BCUT2D eigenvalue weighted by molar-refractivity contribution is 5.85. The van der Waals surface area contributed by atoms with E-state index >= 15 is 0 Å². The molecule has 62 valence electrons. The summed E-state index contributed by atoms with van der Waals surface area (Å²) in [5.74, 6) is 5.03. The van der Waals surface area contributed by atoms with Crippen molar-refractivity contribution in [1.29, 1.82) is 0 Å². The van der Waals surface area contributed by atoms with Crippen LogP contribution in [0.5, 0.6) is 5.75 Å². The van der Waals surface area contributed by atoms with E-state index in [9.17, 15) is 0 Å². The SMILES string of the molecule is Cl.NOCc1ccccc1O. The Morgan fingerprint density at radius 3 is 2.55 bits per heavy atom. The Morgan fingerprint density at radius 1 is 1.36 bits per heavy atom. The van der Waals surface area contributed by atoms with E-state index in [2.05, 4.69) is 4.84 Å². The molecule has 0 aliphatic carbocycles. The van der Waals surface area contributed by atoms with E-state index in [0.29, 0.717) is 5.56 Å². The monoisotopic (exact) mass is 175 g/mol. The first-order valence-corrected chi connectivity index (χ1v) is 2.93. The lowest BCUT2D eigenvalue weighted by atomic mass is 10.2. The Labute approximate surface area is 71.2 Å². The van der Waals surface area contributed by atoms with Crippen LogP contribution in [-0.2, 0) is 11.4 Å². The van der Waals surface area contributed by atoms with Crippen LogP contribution in [0.2, 0.25) is 0 Å². The Bertz CT molecular complexity index is 217. The lowest BCUT2D eigenvalue weighted by molar-refractivity contribution is 0.122. The first-order chi connectivity index (χ1) is 4.84. The third-order valence-electron chi connectivity index (χ3n) is 1.23. The predicted octanol–water partition coefficient (Wildman–Crippen LogP) is 1.20. The predicted molar refractivity (Wildman–Crippen MR) is 44.3 cm³/mol. The number of phenolic OH excluding ortho intramolecular Hbond substituents is 1. The van der Waals surface area contributed by atoms with Gasteiger partial charge >= 0.3 is 0 Å². The molecule has 4 heteroatoms. The number of hydrogen-bond donors (Lipinski definition) is 2. The van der Waals surface area contributed by atoms with Crippen LogP contribution in [0, 0.1) is 0 Å². The van der Waals surface area contributed by atoms with E-state index in [1.165, 1.54) is 0 Å². The van der Waals surface area contributed by atoms with Crippen molar-refractivity contribution in [3.05, 3.63) is 29.8 Å². The van der Waals surface area contributed by atoms with Crippen molar-refractivity contribution >= 4 is 12.4 Å². The van der Waals surface area contributed by atoms with Crippen LogP contribution < -0.4 is 5.90 Å². The molecule has 0 spiro atoms. The van der Waals surface area contributed by atoms with Crippen LogP contribution in [-0.4, -0.2) is 5.11 Å². The highest BCUT2D eigenvalue weighted by atomic mass is 35.5. The molecule has 1 rings (SSSR count). The number of rotatable bonds is 2. The van der Waals surface area contributed by atoms with Gasteiger partial charge in [0.1, 0.15) is 5.75 Å². The molecule has 0 unspecified atom stereocenters.